The van der Waals surface area contributed by atoms with E-state index >= 15 is 0 Å². The van der Waals surface area contributed by atoms with Gasteiger partial charge < -0.3 is 4.74 Å². The molecule has 0 aliphatic carbocycles. The maximum Gasteiger partial charge on any atom is 0.340 e. The number of esters is 1. The molecule has 1 heterocycles. The Morgan fingerprint density at radius 1 is 1.50 bits per heavy atom. The minimum absolute atomic E-state index is 0.391. The highest BCUT2D eigenvalue weighted by molar-refractivity contribution is 8.36. The Hall–Kier alpha value is -0.630. The van der Waals surface area contributed by atoms with Gasteiger partial charge in [-0.2, -0.15) is 10.0 Å². The standard InChI is InChI=1S/C11H13ClO2S2/c1-14-11(13)9-7-8(15-10(9)12)5-6-16(2,3)4/h7H,1-4H3. The monoisotopic (exact) mass is 276 g/mol. The maximum absolute atomic E-state index is 11.3. The van der Waals surface area contributed by atoms with E-state index in [2.05, 4.69) is 34.7 Å². The predicted octanol–water partition coefficient (Wildman–Crippen LogP) is 3.19. The van der Waals surface area contributed by atoms with Crippen LogP contribution in [-0.4, -0.2) is 31.8 Å². The topological polar surface area (TPSA) is 26.3 Å². The third-order valence-electron chi connectivity index (χ3n) is 1.57. The molecule has 0 atom stereocenters. The first-order valence-electron chi connectivity index (χ1n) is 4.42. The van der Waals surface area contributed by atoms with Crippen molar-refractivity contribution in [3.63, 3.8) is 0 Å². The van der Waals surface area contributed by atoms with Gasteiger partial charge in [-0.3, -0.25) is 0 Å². The van der Waals surface area contributed by atoms with Gasteiger partial charge in [0, 0.05) is 0 Å². The molecule has 0 aliphatic rings. The first-order chi connectivity index (χ1) is 7.33. The third kappa shape index (κ3) is 3.75. The molecule has 0 saturated heterocycles. The van der Waals surface area contributed by atoms with Crippen molar-refractivity contribution in [2.45, 2.75) is 0 Å². The molecule has 0 saturated carbocycles. The zero-order valence-electron chi connectivity index (χ0n) is 9.59. The van der Waals surface area contributed by atoms with Gasteiger partial charge in [-0.15, -0.1) is 11.3 Å². The summed E-state index contributed by atoms with van der Waals surface area (Å²) in [5.74, 6) is 2.62. The van der Waals surface area contributed by atoms with Gasteiger partial charge >= 0.3 is 5.97 Å². The Kier molecular flexibility index (Phi) is 4.31. The first-order valence-corrected chi connectivity index (χ1v) is 8.47. The number of carbonyl (C=O) groups is 1. The molecule has 0 unspecified atom stereocenters. The van der Waals surface area contributed by atoms with Gasteiger partial charge in [0.15, 0.2) is 0 Å². The van der Waals surface area contributed by atoms with Crippen LogP contribution in [0.5, 0.6) is 0 Å². The van der Waals surface area contributed by atoms with E-state index in [1.54, 1.807) is 6.07 Å². The summed E-state index contributed by atoms with van der Waals surface area (Å²) in [6.07, 6.45) is 6.32. The van der Waals surface area contributed by atoms with Crippen LogP contribution in [0.3, 0.4) is 0 Å². The van der Waals surface area contributed by atoms with E-state index in [9.17, 15) is 4.79 Å². The van der Waals surface area contributed by atoms with E-state index in [0.717, 1.165) is 4.88 Å². The van der Waals surface area contributed by atoms with Crippen LogP contribution in [0.4, 0.5) is 0 Å². The largest absolute Gasteiger partial charge is 0.465 e. The number of carbonyl (C=O) groups excluding carboxylic acids is 1. The quantitative estimate of drug-likeness (QED) is 0.582. The number of rotatable bonds is 1. The normalized spacial score (nSPS) is 11.6. The smallest absolute Gasteiger partial charge is 0.340 e. The second-order valence-corrected chi connectivity index (χ2v) is 9.39. The number of hydrogen-bond donors (Lipinski definition) is 0. The van der Waals surface area contributed by atoms with E-state index in [1.165, 1.54) is 18.4 Å². The molecule has 0 bridgehead atoms. The average molecular weight is 277 g/mol. The van der Waals surface area contributed by atoms with Crippen molar-refractivity contribution in [2.24, 2.45) is 0 Å². The van der Waals surface area contributed by atoms with Crippen molar-refractivity contribution in [1.82, 2.24) is 0 Å². The van der Waals surface area contributed by atoms with Crippen LogP contribution in [0.25, 0.3) is 0 Å². The molecule has 1 aromatic heterocycles. The lowest BCUT2D eigenvalue weighted by Crippen LogP contribution is -1.99. The lowest BCUT2D eigenvalue weighted by molar-refractivity contribution is 0.0601. The van der Waals surface area contributed by atoms with Crippen LogP contribution in [0.1, 0.15) is 15.2 Å². The van der Waals surface area contributed by atoms with Crippen LogP contribution in [0, 0.1) is 11.2 Å². The highest BCUT2D eigenvalue weighted by atomic mass is 35.5. The van der Waals surface area contributed by atoms with Gasteiger partial charge in [0.2, 0.25) is 0 Å². The number of methoxy groups -OCH3 is 1. The molecule has 16 heavy (non-hydrogen) atoms. The molecular formula is C11H13ClO2S2. The van der Waals surface area contributed by atoms with Crippen LogP contribution in [-0.2, 0) is 4.74 Å². The second kappa shape index (κ2) is 5.13. The fraction of sp³-hybridized carbons (Fsp3) is 0.364. The number of hydrogen-bond acceptors (Lipinski definition) is 3. The fourth-order valence-corrected chi connectivity index (χ4v) is 2.47. The molecule has 0 aliphatic heterocycles. The number of halogens is 1. The summed E-state index contributed by atoms with van der Waals surface area (Å²) in [4.78, 5) is 12.1. The molecule has 2 nitrogen and oxygen atoms in total. The summed E-state index contributed by atoms with van der Waals surface area (Å²) in [5.41, 5.74) is 0.391. The minimum Gasteiger partial charge on any atom is -0.465 e. The first kappa shape index (κ1) is 13.4. The van der Waals surface area contributed by atoms with Gasteiger partial charge in [0.05, 0.1) is 17.6 Å². The van der Waals surface area contributed by atoms with Crippen molar-refractivity contribution < 1.29 is 9.53 Å². The summed E-state index contributed by atoms with van der Waals surface area (Å²) in [7, 11) is 0.469. The highest BCUT2D eigenvalue weighted by Gasteiger charge is 2.14. The Labute approximate surface area is 106 Å². The second-order valence-electron chi connectivity index (χ2n) is 3.85. The maximum atomic E-state index is 11.3. The van der Waals surface area contributed by atoms with Crippen molar-refractivity contribution in [2.75, 3.05) is 25.9 Å². The van der Waals surface area contributed by atoms with E-state index in [-0.39, 0.29) is 0 Å². The van der Waals surface area contributed by atoms with Crippen LogP contribution in [0.15, 0.2) is 6.07 Å². The summed E-state index contributed by atoms with van der Waals surface area (Å²) in [6.45, 7) is 0. The van der Waals surface area contributed by atoms with E-state index in [0.29, 0.717) is 9.90 Å². The van der Waals surface area contributed by atoms with E-state index < -0.39 is 16.0 Å². The SMILES string of the molecule is COC(=O)c1cc(C#CS(C)(C)C)sc1Cl. The third-order valence-corrected chi connectivity index (χ3v) is 3.56. The zero-order chi connectivity index (χ0) is 12.3. The molecule has 1 aromatic rings. The van der Waals surface area contributed by atoms with Gasteiger partial charge in [0.25, 0.3) is 0 Å². The number of thiophene rings is 1. The van der Waals surface area contributed by atoms with Crippen molar-refractivity contribution in [3.05, 3.63) is 20.8 Å². The molecule has 88 valence electrons. The lowest BCUT2D eigenvalue weighted by Gasteiger charge is -2.14. The van der Waals surface area contributed by atoms with Gasteiger partial charge in [-0.25, -0.2) is 4.79 Å². The summed E-state index contributed by atoms with van der Waals surface area (Å²) in [5, 5.41) is 3.17. The fourth-order valence-electron chi connectivity index (χ4n) is 0.883. The Bertz CT molecular complexity index is 461. The molecule has 5 heteroatoms. The van der Waals surface area contributed by atoms with E-state index in [1.807, 2.05) is 0 Å². The van der Waals surface area contributed by atoms with Crippen LogP contribution in [0.2, 0.25) is 4.34 Å². The van der Waals surface area contributed by atoms with Crippen LogP contribution < -0.4 is 0 Å². The van der Waals surface area contributed by atoms with Gasteiger partial charge in [-0.05, 0) is 36.0 Å². The molecule has 0 fully saturated rings. The lowest BCUT2D eigenvalue weighted by atomic mass is 10.3. The summed E-state index contributed by atoms with van der Waals surface area (Å²) < 4.78 is 5.05. The zero-order valence-corrected chi connectivity index (χ0v) is 12.0. The van der Waals surface area contributed by atoms with Crippen LogP contribution >= 0.6 is 33.0 Å². The molecule has 0 radical (unpaired) electrons. The molecule has 0 amide bonds. The van der Waals surface area contributed by atoms with Gasteiger partial charge in [0.1, 0.15) is 4.34 Å². The van der Waals surface area contributed by atoms with Crippen molar-refractivity contribution in [1.29, 1.82) is 0 Å². The van der Waals surface area contributed by atoms with Gasteiger partial charge in [-0.1, -0.05) is 11.6 Å². The molecule has 0 N–H and O–H groups in total. The molecular weight excluding hydrogens is 264 g/mol. The molecule has 1 rings (SSSR count). The molecule has 0 aromatic carbocycles. The Morgan fingerprint density at radius 2 is 2.12 bits per heavy atom. The number of ether oxygens (including phenoxy) is 1. The summed E-state index contributed by atoms with van der Waals surface area (Å²) >= 11 is 7.23. The minimum atomic E-state index is -0.865. The predicted molar refractivity (Wildman–Crippen MR) is 72.9 cm³/mol. The average Bonchev–Trinajstić information content (AvgIpc) is 2.55. The summed E-state index contributed by atoms with van der Waals surface area (Å²) in [6, 6.07) is 1.68. The Balaban J connectivity index is 3.01. The highest BCUT2D eigenvalue weighted by Crippen LogP contribution is 2.33. The molecule has 0 spiro atoms. The Morgan fingerprint density at radius 3 is 2.62 bits per heavy atom. The van der Waals surface area contributed by atoms with Crippen molar-refractivity contribution >= 4 is 38.9 Å². The van der Waals surface area contributed by atoms with E-state index in [4.69, 9.17) is 11.6 Å². The van der Waals surface area contributed by atoms with Crippen molar-refractivity contribution in [3.8, 4) is 11.2 Å².